The molecule has 0 aromatic heterocycles. The summed E-state index contributed by atoms with van der Waals surface area (Å²) in [5, 5.41) is 0. The Morgan fingerprint density at radius 2 is 1.93 bits per heavy atom. The molecule has 1 atom stereocenters. The average Bonchev–Trinajstić information content (AvgIpc) is 2.19. The molecule has 0 heterocycles. The van der Waals surface area contributed by atoms with E-state index in [4.69, 9.17) is 17.2 Å². The molecule has 0 fully saturated rings. The third-order valence-electron chi connectivity index (χ3n) is 2.25. The van der Waals surface area contributed by atoms with Gasteiger partial charge in [-0.15, -0.1) is 0 Å². The molecule has 84 valence electrons. The molecule has 1 aromatic rings. The number of hydrogen-bond acceptors (Lipinski definition) is 3. The van der Waals surface area contributed by atoms with E-state index in [0.717, 1.165) is 27.4 Å². The van der Waals surface area contributed by atoms with Crippen LogP contribution in [-0.2, 0) is 0 Å². The summed E-state index contributed by atoms with van der Waals surface area (Å²) in [7, 11) is 0. The number of nitrogens with two attached hydrogens (primary N) is 3. The summed E-state index contributed by atoms with van der Waals surface area (Å²) < 4.78 is 1.84. The summed E-state index contributed by atoms with van der Waals surface area (Å²) in [6, 6.07) is 3.82. The zero-order chi connectivity index (χ0) is 11.4. The largest absolute Gasteiger partial charge is 0.398 e. The molecule has 5 heteroatoms. The first-order chi connectivity index (χ1) is 7.06. The van der Waals surface area contributed by atoms with Crippen LogP contribution in [0.2, 0.25) is 0 Å². The Labute approximate surface area is 107 Å². The predicted molar refractivity (Wildman–Crippen MR) is 71.5 cm³/mol. The maximum Gasteiger partial charge on any atom is 0.0507 e. The molecule has 15 heavy (non-hydrogen) atoms. The minimum Gasteiger partial charge on any atom is -0.398 e. The first kappa shape index (κ1) is 13.0. The zero-order valence-corrected chi connectivity index (χ0v) is 11.5. The Balaban J connectivity index is 2.92. The second-order valence-electron chi connectivity index (χ2n) is 3.43. The van der Waals surface area contributed by atoms with Gasteiger partial charge in [0.25, 0.3) is 0 Å². The standard InChI is InChI=1S/C10H15Br2N3/c11-6-4-7(9(14)2-1-3-13)10(15)8(12)5-6/h4-5,9H,1-3,13-15H2/t9-/m0/s1. The molecule has 0 unspecified atom stereocenters. The van der Waals surface area contributed by atoms with Crippen molar-refractivity contribution < 1.29 is 0 Å². The predicted octanol–water partition coefficient (Wildman–Crippen LogP) is 2.53. The Morgan fingerprint density at radius 3 is 2.53 bits per heavy atom. The SMILES string of the molecule is NCCC[C@H](N)c1cc(Br)cc(Br)c1N. The lowest BCUT2D eigenvalue weighted by Crippen LogP contribution is -2.14. The zero-order valence-electron chi connectivity index (χ0n) is 8.34. The number of nitrogen functional groups attached to an aromatic ring is 1. The monoisotopic (exact) mass is 335 g/mol. The van der Waals surface area contributed by atoms with Crippen molar-refractivity contribution in [1.82, 2.24) is 0 Å². The van der Waals surface area contributed by atoms with E-state index in [1.807, 2.05) is 12.1 Å². The van der Waals surface area contributed by atoms with Crippen LogP contribution in [0.1, 0.15) is 24.4 Å². The molecule has 1 rings (SSSR count). The molecule has 3 nitrogen and oxygen atoms in total. The van der Waals surface area contributed by atoms with Gasteiger partial charge in [-0.25, -0.2) is 0 Å². The van der Waals surface area contributed by atoms with Crippen LogP contribution in [0.15, 0.2) is 21.1 Å². The van der Waals surface area contributed by atoms with Gasteiger partial charge in [0.2, 0.25) is 0 Å². The van der Waals surface area contributed by atoms with Crippen LogP contribution in [0.25, 0.3) is 0 Å². The van der Waals surface area contributed by atoms with Crippen LogP contribution in [0.3, 0.4) is 0 Å². The van der Waals surface area contributed by atoms with E-state index < -0.39 is 0 Å². The van der Waals surface area contributed by atoms with Gasteiger partial charge < -0.3 is 17.2 Å². The minimum absolute atomic E-state index is 0.0534. The van der Waals surface area contributed by atoms with Gasteiger partial charge in [0.05, 0.1) is 5.69 Å². The molecule has 0 radical (unpaired) electrons. The summed E-state index contributed by atoms with van der Waals surface area (Å²) in [4.78, 5) is 0. The molecule has 0 aliphatic carbocycles. The number of rotatable bonds is 4. The number of anilines is 1. The summed E-state index contributed by atoms with van der Waals surface area (Å²) in [6.45, 7) is 0.656. The molecule has 6 N–H and O–H groups in total. The van der Waals surface area contributed by atoms with Gasteiger partial charge in [-0.3, -0.25) is 0 Å². The Kier molecular flexibility index (Phi) is 5.05. The fraction of sp³-hybridized carbons (Fsp3) is 0.400. The Bertz CT molecular complexity index is 342. The molecule has 0 aliphatic heterocycles. The highest BCUT2D eigenvalue weighted by Gasteiger charge is 2.12. The first-order valence-electron chi connectivity index (χ1n) is 4.76. The van der Waals surface area contributed by atoms with Crippen LogP contribution in [-0.4, -0.2) is 6.54 Å². The first-order valence-corrected chi connectivity index (χ1v) is 6.35. The lowest BCUT2D eigenvalue weighted by Gasteiger charge is -2.15. The Morgan fingerprint density at radius 1 is 1.27 bits per heavy atom. The van der Waals surface area contributed by atoms with E-state index in [1.54, 1.807) is 0 Å². The van der Waals surface area contributed by atoms with E-state index in [1.165, 1.54) is 0 Å². The van der Waals surface area contributed by atoms with Crippen molar-refractivity contribution >= 4 is 37.5 Å². The lowest BCUT2D eigenvalue weighted by atomic mass is 10.0. The highest BCUT2D eigenvalue weighted by atomic mass is 79.9. The molecule has 0 saturated carbocycles. The second kappa shape index (κ2) is 5.84. The average molecular weight is 337 g/mol. The van der Waals surface area contributed by atoms with Crippen molar-refractivity contribution in [1.29, 1.82) is 0 Å². The van der Waals surface area contributed by atoms with Gasteiger partial charge in [0.15, 0.2) is 0 Å². The third kappa shape index (κ3) is 3.45. The smallest absolute Gasteiger partial charge is 0.0507 e. The van der Waals surface area contributed by atoms with Crippen LogP contribution in [0.5, 0.6) is 0 Å². The van der Waals surface area contributed by atoms with Crippen molar-refractivity contribution in [2.75, 3.05) is 12.3 Å². The van der Waals surface area contributed by atoms with Crippen LogP contribution in [0, 0.1) is 0 Å². The van der Waals surface area contributed by atoms with E-state index in [9.17, 15) is 0 Å². The van der Waals surface area contributed by atoms with Gasteiger partial charge >= 0.3 is 0 Å². The molecular formula is C10H15Br2N3. The number of benzene rings is 1. The van der Waals surface area contributed by atoms with Crippen molar-refractivity contribution in [3.05, 3.63) is 26.6 Å². The number of halogens is 2. The van der Waals surface area contributed by atoms with E-state index in [2.05, 4.69) is 31.9 Å². The summed E-state index contributed by atoms with van der Waals surface area (Å²) in [6.07, 6.45) is 1.76. The quantitative estimate of drug-likeness (QED) is 0.739. The molecule has 1 aromatic carbocycles. The molecule has 0 spiro atoms. The fourth-order valence-corrected chi connectivity index (χ4v) is 2.66. The van der Waals surface area contributed by atoms with Gasteiger partial charge in [-0.1, -0.05) is 15.9 Å². The third-order valence-corrected chi connectivity index (χ3v) is 3.36. The van der Waals surface area contributed by atoms with E-state index in [-0.39, 0.29) is 6.04 Å². The van der Waals surface area contributed by atoms with Crippen molar-refractivity contribution in [2.45, 2.75) is 18.9 Å². The molecule has 0 bridgehead atoms. The molecular weight excluding hydrogens is 322 g/mol. The second-order valence-corrected chi connectivity index (χ2v) is 5.20. The summed E-state index contributed by atoms with van der Waals surface area (Å²) in [5.74, 6) is 0. The highest BCUT2D eigenvalue weighted by Crippen LogP contribution is 2.32. The van der Waals surface area contributed by atoms with Gasteiger partial charge in [0.1, 0.15) is 0 Å². The van der Waals surface area contributed by atoms with Crippen LogP contribution >= 0.6 is 31.9 Å². The van der Waals surface area contributed by atoms with Crippen LogP contribution < -0.4 is 17.2 Å². The van der Waals surface area contributed by atoms with Gasteiger partial charge in [0, 0.05) is 15.0 Å². The topological polar surface area (TPSA) is 78.1 Å². The van der Waals surface area contributed by atoms with Crippen LogP contribution in [0.4, 0.5) is 5.69 Å². The summed E-state index contributed by atoms with van der Waals surface area (Å²) >= 11 is 6.82. The molecule has 0 amide bonds. The van der Waals surface area contributed by atoms with E-state index in [0.29, 0.717) is 12.2 Å². The highest BCUT2D eigenvalue weighted by molar-refractivity contribution is 9.11. The van der Waals surface area contributed by atoms with Crippen molar-refractivity contribution in [3.63, 3.8) is 0 Å². The van der Waals surface area contributed by atoms with Crippen molar-refractivity contribution in [3.8, 4) is 0 Å². The minimum atomic E-state index is -0.0534. The normalized spacial score (nSPS) is 12.8. The van der Waals surface area contributed by atoms with Gasteiger partial charge in [-0.2, -0.15) is 0 Å². The maximum atomic E-state index is 6.04. The molecule has 0 aliphatic rings. The maximum absolute atomic E-state index is 6.04. The Hall–Kier alpha value is -0.100. The fourth-order valence-electron chi connectivity index (χ4n) is 1.40. The van der Waals surface area contributed by atoms with E-state index >= 15 is 0 Å². The van der Waals surface area contributed by atoms with Gasteiger partial charge in [-0.05, 0) is 53.0 Å². The number of hydrogen-bond donors (Lipinski definition) is 3. The van der Waals surface area contributed by atoms with Crippen molar-refractivity contribution in [2.24, 2.45) is 11.5 Å². The molecule has 0 saturated heterocycles. The lowest BCUT2D eigenvalue weighted by molar-refractivity contribution is 0.619. The summed E-state index contributed by atoms with van der Waals surface area (Å²) in [5.41, 5.74) is 19.1.